The standard InChI is InChI=1S/C11H14BrNO3/c1-6-8(10(13)5-11(14)15)3-7(16-2)4-9(6)12/h3-4,10H,5,13H2,1-2H3,(H,14,15). The number of benzene rings is 1. The van der Waals surface area contributed by atoms with Gasteiger partial charge in [0.15, 0.2) is 0 Å². The highest BCUT2D eigenvalue weighted by molar-refractivity contribution is 9.10. The van der Waals surface area contributed by atoms with Crippen molar-refractivity contribution in [1.82, 2.24) is 0 Å². The van der Waals surface area contributed by atoms with Crippen LogP contribution in [-0.2, 0) is 4.79 Å². The molecule has 88 valence electrons. The molecule has 1 unspecified atom stereocenters. The largest absolute Gasteiger partial charge is 0.497 e. The molecular formula is C11H14BrNO3. The number of rotatable bonds is 4. The van der Waals surface area contributed by atoms with E-state index < -0.39 is 12.0 Å². The SMILES string of the molecule is COc1cc(Br)c(C)c(C(N)CC(=O)O)c1. The third-order valence-electron chi connectivity index (χ3n) is 2.39. The molecule has 16 heavy (non-hydrogen) atoms. The van der Waals surface area contributed by atoms with E-state index >= 15 is 0 Å². The van der Waals surface area contributed by atoms with Crippen molar-refractivity contribution < 1.29 is 14.6 Å². The molecule has 3 N–H and O–H groups in total. The van der Waals surface area contributed by atoms with Crippen LogP contribution in [0.1, 0.15) is 23.6 Å². The molecule has 0 heterocycles. The van der Waals surface area contributed by atoms with Crippen molar-refractivity contribution >= 4 is 21.9 Å². The number of carboxylic acids is 1. The summed E-state index contributed by atoms with van der Waals surface area (Å²) in [6.45, 7) is 1.89. The quantitative estimate of drug-likeness (QED) is 0.891. The third-order valence-corrected chi connectivity index (χ3v) is 3.21. The number of methoxy groups -OCH3 is 1. The molecule has 1 atom stereocenters. The number of carbonyl (C=O) groups is 1. The second-order valence-electron chi connectivity index (χ2n) is 3.53. The Morgan fingerprint density at radius 2 is 2.25 bits per heavy atom. The number of aliphatic carboxylic acids is 1. The van der Waals surface area contributed by atoms with Gasteiger partial charge in [0.25, 0.3) is 0 Å². The van der Waals surface area contributed by atoms with Crippen LogP contribution in [0.4, 0.5) is 0 Å². The van der Waals surface area contributed by atoms with E-state index in [1.807, 2.05) is 13.0 Å². The predicted molar refractivity (Wildman–Crippen MR) is 64.6 cm³/mol. The van der Waals surface area contributed by atoms with Gasteiger partial charge < -0.3 is 15.6 Å². The van der Waals surface area contributed by atoms with E-state index in [9.17, 15) is 4.79 Å². The number of halogens is 1. The van der Waals surface area contributed by atoms with E-state index in [0.717, 1.165) is 15.6 Å². The Morgan fingerprint density at radius 1 is 1.62 bits per heavy atom. The highest BCUT2D eigenvalue weighted by atomic mass is 79.9. The Morgan fingerprint density at radius 3 is 2.75 bits per heavy atom. The van der Waals surface area contributed by atoms with E-state index in [4.69, 9.17) is 15.6 Å². The van der Waals surface area contributed by atoms with Crippen LogP contribution in [0, 0.1) is 6.92 Å². The lowest BCUT2D eigenvalue weighted by molar-refractivity contribution is -0.137. The fourth-order valence-corrected chi connectivity index (χ4v) is 1.93. The zero-order valence-electron chi connectivity index (χ0n) is 9.16. The molecular weight excluding hydrogens is 274 g/mol. The molecule has 0 saturated carbocycles. The second-order valence-corrected chi connectivity index (χ2v) is 4.38. The molecule has 0 aromatic heterocycles. The van der Waals surface area contributed by atoms with Gasteiger partial charge in [0.2, 0.25) is 0 Å². The average Bonchev–Trinajstić information content (AvgIpc) is 2.20. The molecule has 0 aliphatic rings. The first kappa shape index (κ1) is 13.0. The van der Waals surface area contributed by atoms with Crippen molar-refractivity contribution in [3.8, 4) is 5.75 Å². The predicted octanol–water partition coefficient (Wildman–Crippen LogP) is 2.24. The lowest BCUT2D eigenvalue weighted by atomic mass is 9.99. The molecule has 0 fully saturated rings. The summed E-state index contributed by atoms with van der Waals surface area (Å²) in [5.74, 6) is -0.251. The van der Waals surface area contributed by atoms with E-state index in [-0.39, 0.29) is 6.42 Å². The van der Waals surface area contributed by atoms with Crippen LogP contribution in [-0.4, -0.2) is 18.2 Å². The van der Waals surface area contributed by atoms with Gasteiger partial charge in [-0.1, -0.05) is 15.9 Å². The lowest BCUT2D eigenvalue weighted by Gasteiger charge is -2.15. The molecule has 4 nitrogen and oxygen atoms in total. The zero-order chi connectivity index (χ0) is 12.3. The summed E-state index contributed by atoms with van der Waals surface area (Å²) in [6, 6.07) is 3.07. The van der Waals surface area contributed by atoms with Crippen LogP contribution in [0.2, 0.25) is 0 Å². The van der Waals surface area contributed by atoms with Crippen LogP contribution in [0.25, 0.3) is 0 Å². The van der Waals surface area contributed by atoms with Crippen molar-refractivity contribution in [1.29, 1.82) is 0 Å². The van der Waals surface area contributed by atoms with Crippen molar-refractivity contribution in [2.45, 2.75) is 19.4 Å². The van der Waals surface area contributed by atoms with Crippen LogP contribution < -0.4 is 10.5 Å². The maximum Gasteiger partial charge on any atom is 0.305 e. The molecule has 0 aliphatic carbocycles. The van der Waals surface area contributed by atoms with Gasteiger partial charge >= 0.3 is 5.97 Å². The number of ether oxygens (including phenoxy) is 1. The van der Waals surface area contributed by atoms with Gasteiger partial charge in [0, 0.05) is 10.5 Å². The maximum absolute atomic E-state index is 10.6. The van der Waals surface area contributed by atoms with Gasteiger partial charge in [0.05, 0.1) is 13.5 Å². The van der Waals surface area contributed by atoms with Gasteiger partial charge in [-0.3, -0.25) is 4.79 Å². The smallest absolute Gasteiger partial charge is 0.305 e. The van der Waals surface area contributed by atoms with Crippen LogP contribution >= 0.6 is 15.9 Å². The Kier molecular flexibility index (Phi) is 4.32. The monoisotopic (exact) mass is 287 g/mol. The average molecular weight is 288 g/mol. The summed E-state index contributed by atoms with van der Waals surface area (Å²) in [6.07, 6.45) is -0.0968. The first-order valence-electron chi connectivity index (χ1n) is 4.77. The van der Waals surface area contributed by atoms with E-state index in [1.165, 1.54) is 0 Å². The van der Waals surface area contributed by atoms with E-state index in [2.05, 4.69) is 15.9 Å². The Balaban J connectivity index is 3.10. The van der Waals surface area contributed by atoms with Gasteiger partial charge in [-0.2, -0.15) is 0 Å². The lowest BCUT2D eigenvalue weighted by Crippen LogP contribution is -2.16. The van der Waals surface area contributed by atoms with Crippen LogP contribution in [0.5, 0.6) is 5.75 Å². The minimum absolute atomic E-state index is 0.0968. The Bertz CT molecular complexity index is 406. The van der Waals surface area contributed by atoms with Gasteiger partial charge in [0.1, 0.15) is 5.75 Å². The minimum atomic E-state index is -0.911. The van der Waals surface area contributed by atoms with Gasteiger partial charge in [-0.25, -0.2) is 0 Å². The Labute approximate surface area is 103 Å². The van der Waals surface area contributed by atoms with Crippen molar-refractivity contribution in [3.05, 3.63) is 27.7 Å². The summed E-state index contributed by atoms with van der Waals surface area (Å²) in [5.41, 5.74) is 7.56. The first-order valence-corrected chi connectivity index (χ1v) is 5.56. The van der Waals surface area contributed by atoms with E-state index in [1.54, 1.807) is 13.2 Å². The second kappa shape index (κ2) is 5.32. The summed E-state index contributed by atoms with van der Waals surface area (Å²) in [5, 5.41) is 8.71. The minimum Gasteiger partial charge on any atom is -0.497 e. The first-order chi connectivity index (χ1) is 7.45. The van der Waals surface area contributed by atoms with Gasteiger partial charge in [-0.05, 0) is 30.2 Å². The molecule has 1 rings (SSSR count). The highest BCUT2D eigenvalue weighted by Crippen LogP contribution is 2.30. The van der Waals surface area contributed by atoms with E-state index in [0.29, 0.717) is 5.75 Å². The summed E-state index contributed by atoms with van der Waals surface area (Å²) >= 11 is 3.39. The van der Waals surface area contributed by atoms with Gasteiger partial charge in [-0.15, -0.1) is 0 Å². The molecule has 5 heteroatoms. The molecule has 0 amide bonds. The molecule has 0 radical (unpaired) electrons. The highest BCUT2D eigenvalue weighted by Gasteiger charge is 2.15. The molecule has 0 bridgehead atoms. The summed E-state index contributed by atoms with van der Waals surface area (Å²) in [7, 11) is 1.56. The number of hydrogen-bond donors (Lipinski definition) is 2. The number of carboxylic acid groups (broad SMARTS) is 1. The summed E-state index contributed by atoms with van der Waals surface area (Å²) < 4.78 is 5.98. The van der Waals surface area contributed by atoms with Crippen molar-refractivity contribution in [3.63, 3.8) is 0 Å². The number of hydrogen-bond acceptors (Lipinski definition) is 3. The van der Waals surface area contributed by atoms with Crippen LogP contribution in [0.3, 0.4) is 0 Å². The van der Waals surface area contributed by atoms with Crippen LogP contribution in [0.15, 0.2) is 16.6 Å². The fraction of sp³-hybridized carbons (Fsp3) is 0.364. The van der Waals surface area contributed by atoms with Crippen molar-refractivity contribution in [2.24, 2.45) is 5.73 Å². The zero-order valence-corrected chi connectivity index (χ0v) is 10.7. The fourth-order valence-electron chi connectivity index (χ4n) is 1.48. The molecule has 1 aromatic carbocycles. The Hall–Kier alpha value is -1.07. The molecule has 0 spiro atoms. The topological polar surface area (TPSA) is 72.5 Å². The normalized spacial score (nSPS) is 12.2. The third kappa shape index (κ3) is 2.96. The number of nitrogens with two attached hydrogens (primary N) is 1. The molecule has 1 aromatic rings. The molecule has 0 saturated heterocycles. The van der Waals surface area contributed by atoms with Crippen molar-refractivity contribution in [2.75, 3.05) is 7.11 Å². The maximum atomic E-state index is 10.6. The summed E-state index contributed by atoms with van der Waals surface area (Å²) in [4.78, 5) is 10.6. The molecule has 0 aliphatic heterocycles.